The standard InChI is InChI=1S/C12H17N3O3S/c1-19-6-4-10(11(16)17)15-12(18)14-8-9-3-2-5-13-7-9/h2-3,5,7,10H,4,6,8H2,1H3,(H,16,17)(H2,14,15,18)/t10-/m1/s1. The van der Waals surface area contributed by atoms with Crippen LogP contribution in [0.1, 0.15) is 12.0 Å². The number of urea groups is 1. The lowest BCUT2D eigenvalue weighted by Gasteiger charge is -2.14. The summed E-state index contributed by atoms with van der Waals surface area (Å²) in [6.45, 7) is 0.314. The van der Waals surface area contributed by atoms with Crippen LogP contribution in [0.4, 0.5) is 4.79 Å². The van der Waals surface area contributed by atoms with Crippen LogP contribution in [0.2, 0.25) is 0 Å². The van der Waals surface area contributed by atoms with Gasteiger partial charge in [-0.25, -0.2) is 9.59 Å². The molecule has 0 aliphatic rings. The van der Waals surface area contributed by atoms with Crippen molar-refractivity contribution < 1.29 is 14.7 Å². The van der Waals surface area contributed by atoms with Gasteiger partial charge in [-0.05, 0) is 30.1 Å². The van der Waals surface area contributed by atoms with Crippen molar-refractivity contribution in [3.63, 3.8) is 0 Å². The summed E-state index contributed by atoms with van der Waals surface area (Å²) in [6.07, 6.45) is 5.58. The average molecular weight is 283 g/mol. The number of aromatic nitrogens is 1. The molecule has 1 aromatic rings. The number of thioether (sulfide) groups is 1. The molecule has 0 bridgehead atoms. The molecule has 1 rings (SSSR count). The number of carbonyl (C=O) groups is 2. The monoisotopic (exact) mass is 283 g/mol. The molecule has 19 heavy (non-hydrogen) atoms. The summed E-state index contributed by atoms with van der Waals surface area (Å²) in [7, 11) is 0. The van der Waals surface area contributed by atoms with Crippen LogP contribution in [-0.2, 0) is 11.3 Å². The molecule has 0 aromatic carbocycles. The molecule has 0 aliphatic heterocycles. The number of pyridine rings is 1. The van der Waals surface area contributed by atoms with Gasteiger partial charge in [-0.2, -0.15) is 11.8 Å². The van der Waals surface area contributed by atoms with E-state index in [2.05, 4.69) is 15.6 Å². The number of rotatable bonds is 7. The van der Waals surface area contributed by atoms with Crippen LogP contribution in [0.15, 0.2) is 24.5 Å². The van der Waals surface area contributed by atoms with Gasteiger partial charge in [-0.3, -0.25) is 4.98 Å². The highest BCUT2D eigenvalue weighted by atomic mass is 32.2. The van der Waals surface area contributed by atoms with Gasteiger partial charge in [0.15, 0.2) is 0 Å². The summed E-state index contributed by atoms with van der Waals surface area (Å²) in [6, 6.07) is 2.25. The predicted molar refractivity (Wildman–Crippen MR) is 74.0 cm³/mol. The second-order valence-corrected chi connectivity index (χ2v) is 4.85. The fourth-order valence-electron chi connectivity index (χ4n) is 1.39. The van der Waals surface area contributed by atoms with Gasteiger partial charge in [0.2, 0.25) is 0 Å². The highest BCUT2D eigenvalue weighted by Gasteiger charge is 2.18. The quantitative estimate of drug-likeness (QED) is 0.696. The van der Waals surface area contributed by atoms with Crippen LogP contribution in [0.3, 0.4) is 0 Å². The lowest BCUT2D eigenvalue weighted by Crippen LogP contribution is -2.46. The van der Waals surface area contributed by atoms with Crippen LogP contribution >= 0.6 is 11.8 Å². The van der Waals surface area contributed by atoms with Crippen molar-refractivity contribution in [3.8, 4) is 0 Å². The Morgan fingerprint density at radius 3 is 2.89 bits per heavy atom. The van der Waals surface area contributed by atoms with Gasteiger partial charge in [-0.1, -0.05) is 6.07 Å². The lowest BCUT2D eigenvalue weighted by atomic mass is 10.2. The Bertz CT molecular complexity index is 414. The van der Waals surface area contributed by atoms with Crippen LogP contribution in [0, 0.1) is 0 Å². The molecular weight excluding hydrogens is 266 g/mol. The highest BCUT2D eigenvalue weighted by Crippen LogP contribution is 2.01. The van der Waals surface area contributed by atoms with Gasteiger partial charge in [0.1, 0.15) is 6.04 Å². The number of carboxylic acid groups (broad SMARTS) is 1. The molecule has 7 heteroatoms. The maximum absolute atomic E-state index is 11.6. The summed E-state index contributed by atoms with van der Waals surface area (Å²) in [5.41, 5.74) is 0.855. The molecule has 1 aromatic heterocycles. The summed E-state index contributed by atoms with van der Waals surface area (Å²) in [5.74, 6) is -0.342. The van der Waals surface area contributed by atoms with E-state index in [1.165, 1.54) is 0 Å². The maximum Gasteiger partial charge on any atom is 0.326 e. The summed E-state index contributed by atoms with van der Waals surface area (Å²) in [5, 5.41) is 14.0. The topological polar surface area (TPSA) is 91.3 Å². The molecule has 2 amide bonds. The van der Waals surface area contributed by atoms with Gasteiger partial charge in [0.05, 0.1) is 0 Å². The fraction of sp³-hybridized carbons (Fsp3) is 0.417. The lowest BCUT2D eigenvalue weighted by molar-refractivity contribution is -0.139. The van der Waals surface area contributed by atoms with E-state index in [0.717, 1.165) is 5.56 Å². The van der Waals surface area contributed by atoms with Gasteiger partial charge in [0.25, 0.3) is 0 Å². The smallest absolute Gasteiger partial charge is 0.326 e. The zero-order chi connectivity index (χ0) is 14.1. The van der Waals surface area contributed by atoms with Gasteiger partial charge in [0, 0.05) is 18.9 Å². The molecule has 0 saturated heterocycles. The van der Waals surface area contributed by atoms with Crippen molar-refractivity contribution in [2.75, 3.05) is 12.0 Å². The van der Waals surface area contributed by atoms with E-state index in [1.807, 2.05) is 12.3 Å². The number of amides is 2. The zero-order valence-corrected chi connectivity index (χ0v) is 11.4. The summed E-state index contributed by atoms with van der Waals surface area (Å²) in [4.78, 5) is 26.5. The van der Waals surface area contributed by atoms with E-state index in [1.54, 1.807) is 30.2 Å². The number of hydrogen-bond acceptors (Lipinski definition) is 4. The minimum absolute atomic E-state index is 0.314. The Kier molecular flexibility index (Phi) is 6.73. The third kappa shape index (κ3) is 6.10. The van der Waals surface area contributed by atoms with E-state index in [9.17, 15) is 9.59 Å². The van der Waals surface area contributed by atoms with Crippen molar-refractivity contribution in [1.29, 1.82) is 0 Å². The van der Waals surface area contributed by atoms with Crippen molar-refractivity contribution >= 4 is 23.8 Å². The number of carboxylic acids is 1. The van der Waals surface area contributed by atoms with E-state index < -0.39 is 18.0 Å². The first-order valence-corrected chi connectivity index (χ1v) is 7.18. The number of nitrogens with one attached hydrogen (secondary N) is 2. The van der Waals surface area contributed by atoms with Crippen LogP contribution < -0.4 is 10.6 Å². The highest BCUT2D eigenvalue weighted by molar-refractivity contribution is 7.98. The van der Waals surface area contributed by atoms with Crippen LogP contribution in [0.5, 0.6) is 0 Å². The van der Waals surface area contributed by atoms with Crippen molar-refractivity contribution in [1.82, 2.24) is 15.6 Å². The first-order chi connectivity index (χ1) is 9.13. The number of nitrogens with zero attached hydrogens (tertiary/aromatic N) is 1. The predicted octanol–water partition coefficient (Wildman–Crippen LogP) is 1.09. The number of hydrogen-bond donors (Lipinski definition) is 3. The molecule has 0 radical (unpaired) electrons. The third-order valence-corrected chi connectivity index (χ3v) is 3.03. The second-order valence-electron chi connectivity index (χ2n) is 3.86. The van der Waals surface area contributed by atoms with E-state index in [0.29, 0.717) is 18.7 Å². The number of carbonyl (C=O) groups excluding carboxylic acids is 1. The molecule has 0 saturated carbocycles. The molecule has 1 heterocycles. The van der Waals surface area contributed by atoms with Gasteiger partial charge < -0.3 is 15.7 Å². The Hall–Kier alpha value is -1.76. The molecular formula is C12H17N3O3S. The molecule has 0 unspecified atom stereocenters. The minimum Gasteiger partial charge on any atom is -0.480 e. The zero-order valence-electron chi connectivity index (χ0n) is 10.6. The molecule has 6 nitrogen and oxygen atoms in total. The SMILES string of the molecule is CSCC[C@@H](NC(=O)NCc1cccnc1)C(=O)O. The summed E-state index contributed by atoms with van der Waals surface area (Å²) < 4.78 is 0. The Balaban J connectivity index is 2.38. The van der Waals surface area contributed by atoms with Crippen molar-refractivity contribution in [2.45, 2.75) is 19.0 Å². The van der Waals surface area contributed by atoms with Crippen LogP contribution in [-0.4, -0.2) is 40.1 Å². The first kappa shape index (κ1) is 15.3. The maximum atomic E-state index is 11.6. The largest absolute Gasteiger partial charge is 0.480 e. The minimum atomic E-state index is -1.02. The Morgan fingerprint density at radius 2 is 2.32 bits per heavy atom. The normalized spacial score (nSPS) is 11.6. The second kappa shape index (κ2) is 8.36. The van der Waals surface area contributed by atoms with Gasteiger partial charge >= 0.3 is 12.0 Å². The summed E-state index contributed by atoms with van der Waals surface area (Å²) >= 11 is 1.54. The third-order valence-electron chi connectivity index (χ3n) is 2.39. The van der Waals surface area contributed by atoms with E-state index >= 15 is 0 Å². The van der Waals surface area contributed by atoms with Crippen LogP contribution in [0.25, 0.3) is 0 Å². The molecule has 3 N–H and O–H groups in total. The van der Waals surface area contributed by atoms with Crippen molar-refractivity contribution in [3.05, 3.63) is 30.1 Å². The molecule has 0 fully saturated rings. The Morgan fingerprint density at radius 1 is 1.53 bits per heavy atom. The fourth-order valence-corrected chi connectivity index (χ4v) is 1.86. The van der Waals surface area contributed by atoms with Crippen molar-refractivity contribution in [2.24, 2.45) is 0 Å². The molecule has 0 spiro atoms. The molecule has 0 aliphatic carbocycles. The number of aliphatic carboxylic acids is 1. The first-order valence-electron chi connectivity index (χ1n) is 5.78. The van der Waals surface area contributed by atoms with E-state index in [4.69, 9.17) is 5.11 Å². The van der Waals surface area contributed by atoms with Gasteiger partial charge in [-0.15, -0.1) is 0 Å². The average Bonchev–Trinajstić information content (AvgIpc) is 2.42. The molecule has 1 atom stereocenters. The molecule has 104 valence electrons. The Labute approximate surface area is 116 Å². The van der Waals surface area contributed by atoms with E-state index in [-0.39, 0.29) is 0 Å².